The van der Waals surface area contributed by atoms with Crippen molar-refractivity contribution in [2.45, 2.75) is 109 Å². The average Bonchev–Trinajstić information content (AvgIpc) is 2.71. The Kier molecular flexibility index (Phi) is 20.8. The number of hydrogen-bond acceptors (Lipinski definition) is 6. The van der Waals surface area contributed by atoms with Crippen molar-refractivity contribution in [1.82, 2.24) is 5.32 Å². The van der Waals surface area contributed by atoms with Gasteiger partial charge >= 0.3 is 11.9 Å². The number of carbonyl (C=O) groups is 5. The molecule has 33 heavy (non-hydrogen) atoms. The minimum Gasteiger partial charge on any atom is -0.480 e. The molecule has 3 amide bonds. The zero-order valence-electron chi connectivity index (χ0n) is 19.7. The quantitative estimate of drug-likeness (QED) is 0.150. The van der Waals surface area contributed by atoms with Crippen molar-refractivity contribution in [3.63, 3.8) is 0 Å². The van der Waals surface area contributed by atoms with Gasteiger partial charge in [-0.15, -0.1) is 0 Å². The normalized spacial score (nSPS) is 12.1. The smallest absolute Gasteiger partial charge is 0.326 e. The molecule has 0 saturated heterocycles. The molecule has 0 aliphatic carbocycles. The van der Waals surface area contributed by atoms with Gasteiger partial charge < -0.3 is 32.7 Å². The Balaban J connectivity index is 0. The molecular weight excluding hydrogens is 432 g/mol. The molecule has 0 aromatic rings. The summed E-state index contributed by atoms with van der Waals surface area (Å²) in [6.07, 6.45) is 12.8. The van der Waals surface area contributed by atoms with Crippen molar-refractivity contribution in [1.29, 1.82) is 0 Å². The Labute approximate surface area is 195 Å². The zero-order valence-corrected chi connectivity index (χ0v) is 19.7. The van der Waals surface area contributed by atoms with Crippen LogP contribution in [-0.2, 0) is 24.0 Å². The Hall–Kier alpha value is -2.69. The number of primary amides is 2. The van der Waals surface area contributed by atoms with E-state index in [4.69, 9.17) is 21.7 Å². The van der Waals surface area contributed by atoms with Crippen LogP contribution in [0.25, 0.3) is 0 Å². The van der Waals surface area contributed by atoms with Crippen molar-refractivity contribution in [3.8, 4) is 0 Å². The molecule has 0 radical (unpaired) electrons. The molecule has 2 atom stereocenters. The van der Waals surface area contributed by atoms with Gasteiger partial charge in [0.2, 0.25) is 17.7 Å². The number of aliphatic carboxylic acids is 2. The first-order chi connectivity index (χ1) is 15.5. The average molecular weight is 475 g/mol. The molecule has 9 N–H and O–H groups in total. The third-order valence-corrected chi connectivity index (χ3v) is 4.78. The summed E-state index contributed by atoms with van der Waals surface area (Å²) in [5.41, 5.74) is 14.5. The first-order valence-corrected chi connectivity index (χ1v) is 11.6. The topological polar surface area (TPSA) is 216 Å². The van der Waals surface area contributed by atoms with E-state index in [0.29, 0.717) is 6.42 Å². The zero-order chi connectivity index (χ0) is 25.6. The molecule has 0 heterocycles. The van der Waals surface area contributed by atoms with Gasteiger partial charge in [0, 0.05) is 6.42 Å². The summed E-state index contributed by atoms with van der Waals surface area (Å²) in [5.74, 6) is -4.23. The highest BCUT2D eigenvalue weighted by Crippen LogP contribution is 2.12. The standard InChI is InChI=1S/C18H34N2O4.C4H8N2O3/c1-2-3-4-5-6-7-8-9-10-11-12-13-17(22)20-15(18(23)24)14-16(19)21;5-2(4(8)9)1-3(6)7/h15H,2-14H2,1H3,(H2,19,21)(H,20,22)(H,23,24);2H,1,5H2,(H2,6,7)(H,8,9)/t15-;2-/m00/s1. The van der Waals surface area contributed by atoms with Crippen LogP contribution in [0.3, 0.4) is 0 Å². The summed E-state index contributed by atoms with van der Waals surface area (Å²) in [6, 6.07) is -2.38. The van der Waals surface area contributed by atoms with Crippen molar-refractivity contribution in [3.05, 3.63) is 0 Å². The van der Waals surface area contributed by atoms with Gasteiger partial charge in [0.1, 0.15) is 12.1 Å². The van der Waals surface area contributed by atoms with E-state index in [-0.39, 0.29) is 18.7 Å². The van der Waals surface area contributed by atoms with E-state index in [0.717, 1.165) is 19.3 Å². The van der Waals surface area contributed by atoms with Crippen molar-refractivity contribution >= 4 is 29.7 Å². The maximum atomic E-state index is 11.7. The van der Waals surface area contributed by atoms with Crippen LogP contribution in [0.4, 0.5) is 0 Å². The molecule has 0 fully saturated rings. The van der Waals surface area contributed by atoms with Gasteiger partial charge in [-0.1, -0.05) is 71.1 Å². The van der Waals surface area contributed by atoms with Crippen molar-refractivity contribution in [2.75, 3.05) is 0 Å². The number of amides is 3. The minimum absolute atomic E-state index is 0.291. The molecule has 11 nitrogen and oxygen atoms in total. The molecular formula is C22H42N4O7. The molecule has 0 aliphatic heterocycles. The van der Waals surface area contributed by atoms with E-state index >= 15 is 0 Å². The van der Waals surface area contributed by atoms with Crippen LogP contribution in [0.5, 0.6) is 0 Å². The number of nitrogens with two attached hydrogens (primary N) is 3. The molecule has 0 aromatic carbocycles. The highest BCUT2D eigenvalue weighted by Gasteiger charge is 2.21. The number of unbranched alkanes of at least 4 members (excludes halogenated alkanes) is 10. The lowest BCUT2D eigenvalue weighted by molar-refractivity contribution is -0.143. The monoisotopic (exact) mass is 474 g/mol. The third-order valence-electron chi connectivity index (χ3n) is 4.78. The molecule has 0 aromatic heterocycles. The molecule has 0 bridgehead atoms. The van der Waals surface area contributed by atoms with Crippen LogP contribution in [-0.4, -0.2) is 52.0 Å². The molecule has 0 rings (SSSR count). The molecule has 11 heteroatoms. The highest BCUT2D eigenvalue weighted by atomic mass is 16.4. The van der Waals surface area contributed by atoms with Gasteiger partial charge in [0.15, 0.2) is 0 Å². The number of rotatable bonds is 19. The van der Waals surface area contributed by atoms with Gasteiger partial charge in [-0.3, -0.25) is 19.2 Å². The lowest BCUT2D eigenvalue weighted by Gasteiger charge is -2.12. The van der Waals surface area contributed by atoms with Crippen LogP contribution in [0.15, 0.2) is 0 Å². The fourth-order valence-electron chi connectivity index (χ4n) is 2.92. The molecule has 192 valence electrons. The Morgan fingerprint density at radius 1 is 0.697 bits per heavy atom. The van der Waals surface area contributed by atoms with E-state index in [9.17, 15) is 24.0 Å². The van der Waals surface area contributed by atoms with Gasteiger partial charge in [-0.2, -0.15) is 0 Å². The van der Waals surface area contributed by atoms with Gasteiger partial charge in [0.05, 0.1) is 12.8 Å². The first-order valence-electron chi connectivity index (χ1n) is 11.6. The minimum atomic E-state index is -1.24. The van der Waals surface area contributed by atoms with Crippen molar-refractivity contribution < 1.29 is 34.2 Å². The second-order valence-electron chi connectivity index (χ2n) is 8.03. The van der Waals surface area contributed by atoms with Crippen LogP contribution >= 0.6 is 0 Å². The second kappa shape index (κ2) is 21.2. The SMILES string of the molecule is CCCCCCCCCCCCCC(=O)N[C@@H](CC(N)=O)C(=O)O.NC(=O)C[C@H](N)C(=O)O. The second-order valence-corrected chi connectivity index (χ2v) is 8.03. The lowest BCUT2D eigenvalue weighted by Crippen LogP contribution is -2.43. The summed E-state index contributed by atoms with van der Waals surface area (Å²) in [6.45, 7) is 2.22. The van der Waals surface area contributed by atoms with Crippen LogP contribution in [0.1, 0.15) is 96.8 Å². The van der Waals surface area contributed by atoms with E-state index in [2.05, 4.69) is 18.0 Å². The maximum absolute atomic E-state index is 11.7. The van der Waals surface area contributed by atoms with Crippen LogP contribution < -0.4 is 22.5 Å². The van der Waals surface area contributed by atoms with Crippen LogP contribution in [0, 0.1) is 0 Å². The lowest BCUT2D eigenvalue weighted by atomic mass is 10.1. The number of carboxylic acids is 2. The first kappa shape index (κ1) is 32.5. The largest absolute Gasteiger partial charge is 0.480 e. The third kappa shape index (κ3) is 23.8. The Morgan fingerprint density at radius 3 is 1.45 bits per heavy atom. The van der Waals surface area contributed by atoms with E-state index in [1.54, 1.807) is 0 Å². The molecule has 0 unspecified atom stereocenters. The number of carboxylic acid groups (broad SMARTS) is 2. The summed E-state index contributed by atoms with van der Waals surface area (Å²) in [5, 5.41) is 19.4. The van der Waals surface area contributed by atoms with Crippen molar-refractivity contribution in [2.24, 2.45) is 17.2 Å². The van der Waals surface area contributed by atoms with Gasteiger partial charge in [-0.05, 0) is 6.42 Å². The number of hydrogen-bond donors (Lipinski definition) is 6. The Bertz CT molecular complexity index is 599. The number of carbonyl (C=O) groups excluding carboxylic acids is 3. The fourth-order valence-corrected chi connectivity index (χ4v) is 2.92. The van der Waals surface area contributed by atoms with E-state index < -0.39 is 35.8 Å². The maximum Gasteiger partial charge on any atom is 0.326 e. The van der Waals surface area contributed by atoms with Gasteiger partial charge in [-0.25, -0.2) is 4.79 Å². The summed E-state index contributed by atoms with van der Waals surface area (Å²) in [4.78, 5) is 53.2. The summed E-state index contributed by atoms with van der Waals surface area (Å²) in [7, 11) is 0. The molecule has 0 spiro atoms. The predicted molar refractivity (Wildman–Crippen MR) is 124 cm³/mol. The van der Waals surface area contributed by atoms with Crippen LogP contribution in [0.2, 0.25) is 0 Å². The summed E-state index contributed by atoms with van der Waals surface area (Å²) >= 11 is 0. The highest BCUT2D eigenvalue weighted by molar-refractivity contribution is 5.88. The molecule has 0 saturated carbocycles. The molecule has 0 aliphatic rings. The Morgan fingerprint density at radius 2 is 1.12 bits per heavy atom. The fraction of sp³-hybridized carbons (Fsp3) is 0.773. The van der Waals surface area contributed by atoms with E-state index in [1.807, 2.05) is 0 Å². The predicted octanol–water partition coefficient (Wildman–Crippen LogP) is 1.41. The summed E-state index contributed by atoms with van der Waals surface area (Å²) < 4.78 is 0. The van der Waals surface area contributed by atoms with Gasteiger partial charge in [0.25, 0.3) is 0 Å². The number of nitrogens with one attached hydrogen (secondary N) is 1. The van der Waals surface area contributed by atoms with E-state index in [1.165, 1.54) is 51.4 Å².